The number of nitrogens with zero attached hydrogens (tertiary/aromatic N) is 2. The molecule has 7 heteroatoms. The third kappa shape index (κ3) is 6.10. The largest absolute Gasteiger partial charge is 0.493 e. The lowest BCUT2D eigenvalue weighted by molar-refractivity contribution is 0.284. The summed E-state index contributed by atoms with van der Waals surface area (Å²) in [5.41, 5.74) is 3.11. The third-order valence-electron chi connectivity index (χ3n) is 3.78. The van der Waals surface area contributed by atoms with Gasteiger partial charge in [0.15, 0.2) is 11.5 Å². The topological polar surface area (TPSA) is 56.3 Å². The highest BCUT2D eigenvalue weighted by Crippen LogP contribution is 2.37. The molecule has 5 nitrogen and oxygen atoms in total. The first-order valence-corrected chi connectivity index (χ1v) is 8.62. The molecule has 0 unspecified atom stereocenters. The number of methoxy groups -OCH3 is 1. The van der Waals surface area contributed by atoms with Crippen LogP contribution in [0.5, 0.6) is 11.5 Å². The first kappa shape index (κ1) is 21.0. The summed E-state index contributed by atoms with van der Waals surface area (Å²) in [6.45, 7) is 1.77. The van der Waals surface area contributed by atoms with Crippen molar-refractivity contribution in [3.63, 3.8) is 0 Å². The summed E-state index contributed by atoms with van der Waals surface area (Å²) in [4.78, 5) is 8.18. The van der Waals surface area contributed by atoms with Crippen LogP contribution in [-0.2, 0) is 19.7 Å². The molecule has 3 aromatic rings. The number of aromatic nitrogens is 2. The monoisotopic (exact) mass is 405 g/mol. The van der Waals surface area contributed by atoms with Gasteiger partial charge < -0.3 is 14.8 Å². The Hall–Kier alpha value is -2.34. The number of rotatable bonds is 8. The molecular weight excluding hydrogens is 385 g/mol. The molecule has 2 aromatic heterocycles. The molecule has 0 radical (unpaired) electrons. The number of halogens is 2. The Morgan fingerprint density at radius 1 is 0.963 bits per heavy atom. The fourth-order valence-electron chi connectivity index (χ4n) is 2.51. The van der Waals surface area contributed by atoms with Crippen LogP contribution < -0.4 is 14.8 Å². The zero-order chi connectivity index (χ0) is 18.2. The van der Waals surface area contributed by atoms with Gasteiger partial charge in [-0.25, -0.2) is 0 Å². The average molecular weight is 406 g/mol. The van der Waals surface area contributed by atoms with Gasteiger partial charge in [-0.2, -0.15) is 0 Å². The lowest BCUT2D eigenvalue weighted by Crippen LogP contribution is -2.13. The van der Waals surface area contributed by atoms with Gasteiger partial charge >= 0.3 is 0 Å². The maximum absolute atomic E-state index is 6.42. The Bertz CT molecular complexity index is 833. The van der Waals surface area contributed by atoms with Crippen LogP contribution in [-0.4, -0.2) is 17.1 Å². The fourth-order valence-corrected chi connectivity index (χ4v) is 2.80. The SMILES string of the molecule is COc1cc(CNCc2cccnc2)cc(Cl)c1OCc1cccnc1.Cl. The van der Waals surface area contributed by atoms with Crippen molar-refractivity contribution in [2.75, 3.05) is 7.11 Å². The standard InChI is InChI=1S/C20H20ClN3O2.ClH/c1-25-19-9-17(13-24-11-15-4-2-6-22-10-15)8-18(21)20(19)26-14-16-5-3-7-23-12-16;/h2-10,12,24H,11,13-14H2,1H3;1H. The van der Waals surface area contributed by atoms with Crippen molar-refractivity contribution in [2.45, 2.75) is 19.7 Å². The maximum atomic E-state index is 6.42. The van der Waals surface area contributed by atoms with Crippen molar-refractivity contribution >= 4 is 24.0 Å². The Morgan fingerprint density at radius 3 is 2.26 bits per heavy atom. The number of nitrogens with one attached hydrogen (secondary N) is 1. The van der Waals surface area contributed by atoms with Crippen LogP contribution in [0, 0.1) is 0 Å². The molecule has 0 aliphatic heterocycles. The highest BCUT2D eigenvalue weighted by Gasteiger charge is 2.12. The molecule has 3 rings (SSSR count). The van der Waals surface area contributed by atoms with Crippen molar-refractivity contribution in [1.29, 1.82) is 0 Å². The summed E-state index contributed by atoms with van der Waals surface area (Å²) < 4.78 is 11.3. The number of ether oxygens (including phenoxy) is 2. The predicted molar refractivity (Wildman–Crippen MR) is 109 cm³/mol. The molecule has 0 saturated carbocycles. The van der Waals surface area contributed by atoms with Gasteiger partial charge in [-0.15, -0.1) is 12.4 Å². The van der Waals surface area contributed by atoms with E-state index in [9.17, 15) is 0 Å². The van der Waals surface area contributed by atoms with E-state index in [-0.39, 0.29) is 12.4 Å². The van der Waals surface area contributed by atoms with Crippen LogP contribution in [0.3, 0.4) is 0 Å². The van der Waals surface area contributed by atoms with E-state index in [1.54, 1.807) is 25.7 Å². The molecule has 0 bridgehead atoms. The first-order chi connectivity index (χ1) is 12.8. The van der Waals surface area contributed by atoms with Crippen LogP contribution in [0.25, 0.3) is 0 Å². The minimum absolute atomic E-state index is 0. The van der Waals surface area contributed by atoms with Gasteiger partial charge in [0.1, 0.15) is 6.61 Å². The molecule has 0 spiro atoms. The molecule has 0 atom stereocenters. The second-order valence-electron chi connectivity index (χ2n) is 5.72. The summed E-state index contributed by atoms with van der Waals surface area (Å²) in [6, 6.07) is 11.6. The van der Waals surface area contributed by atoms with Crippen LogP contribution in [0.2, 0.25) is 5.02 Å². The lowest BCUT2D eigenvalue weighted by atomic mass is 10.2. The van der Waals surface area contributed by atoms with Gasteiger partial charge in [-0.05, 0) is 35.4 Å². The Balaban J connectivity index is 0.00000261. The van der Waals surface area contributed by atoms with Gasteiger partial charge in [-0.1, -0.05) is 23.7 Å². The molecule has 0 aliphatic rings. The van der Waals surface area contributed by atoms with Crippen molar-refractivity contribution in [2.24, 2.45) is 0 Å². The second kappa shape index (κ2) is 10.7. The third-order valence-corrected chi connectivity index (χ3v) is 4.06. The zero-order valence-electron chi connectivity index (χ0n) is 14.9. The number of benzene rings is 1. The van der Waals surface area contributed by atoms with Crippen LogP contribution in [0.4, 0.5) is 0 Å². The van der Waals surface area contributed by atoms with Crippen LogP contribution >= 0.6 is 24.0 Å². The zero-order valence-corrected chi connectivity index (χ0v) is 16.5. The molecule has 2 heterocycles. The highest BCUT2D eigenvalue weighted by atomic mass is 35.5. The van der Waals surface area contributed by atoms with Crippen molar-refractivity contribution in [3.05, 3.63) is 82.9 Å². The van der Waals surface area contributed by atoms with E-state index in [0.29, 0.717) is 29.7 Å². The normalized spacial score (nSPS) is 10.1. The van der Waals surface area contributed by atoms with Gasteiger partial charge in [0, 0.05) is 43.4 Å². The fraction of sp³-hybridized carbons (Fsp3) is 0.200. The lowest BCUT2D eigenvalue weighted by Gasteiger charge is -2.14. The summed E-state index contributed by atoms with van der Waals surface area (Å²) in [7, 11) is 1.61. The molecule has 0 saturated heterocycles. The molecular formula is C20H21Cl2N3O2. The maximum Gasteiger partial charge on any atom is 0.180 e. The Labute approximate surface area is 170 Å². The van der Waals surface area contributed by atoms with Crippen LogP contribution in [0.15, 0.2) is 61.2 Å². The number of hydrogen-bond donors (Lipinski definition) is 1. The van der Waals surface area contributed by atoms with E-state index in [0.717, 1.165) is 23.2 Å². The molecule has 0 aliphatic carbocycles. The molecule has 1 aromatic carbocycles. The number of pyridine rings is 2. The van der Waals surface area contributed by atoms with Crippen molar-refractivity contribution in [1.82, 2.24) is 15.3 Å². The van der Waals surface area contributed by atoms with E-state index in [1.807, 2.05) is 42.6 Å². The quantitative estimate of drug-likeness (QED) is 0.600. The molecule has 0 fully saturated rings. The molecule has 1 N–H and O–H groups in total. The molecule has 27 heavy (non-hydrogen) atoms. The Kier molecular flexibility index (Phi) is 8.33. The van der Waals surface area contributed by atoms with Gasteiger partial charge in [-0.3, -0.25) is 9.97 Å². The summed E-state index contributed by atoms with van der Waals surface area (Å²) in [5.74, 6) is 1.15. The van der Waals surface area contributed by atoms with E-state index in [4.69, 9.17) is 21.1 Å². The van der Waals surface area contributed by atoms with Gasteiger partial charge in [0.25, 0.3) is 0 Å². The van der Waals surface area contributed by atoms with E-state index in [1.165, 1.54) is 0 Å². The van der Waals surface area contributed by atoms with Crippen molar-refractivity contribution in [3.8, 4) is 11.5 Å². The summed E-state index contributed by atoms with van der Waals surface area (Å²) in [5, 5.41) is 3.89. The minimum Gasteiger partial charge on any atom is -0.493 e. The van der Waals surface area contributed by atoms with Gasteiger partial charge in [0.2, 0.25) is 0 Å². The van der Waals surface area contributed by atoms with E-state index >= 15 is 0 Å². The van der Waals surface area contributed by atoms with E-state index < -0.39 is 0 Å². The summed E-state index contributed by atoms with van der Waals surface area (Å²) >= 11 is 6.42. The average Bonchev–Trinajstić information content (AvgIpc) is 2.68. The second-order valence-corrected chi connectivity index (χ2v) is 6.13. The molecule has 142 valence electrons. The smallest absolute Gasteiger partial charge is 0.180 e. The number of hydrogen-bond acceptors (Lipinski definition) is 5. The first-order valence-electron chi connectivity index (χ1n) is 8.24. The van der Waals surface area contributed by atoms with Gasteiger partial charge in [0.05, 0.1) is 12.1 Å². The minimum atomic E-state index is 0. The summed E-state index contributed by atoms with van der Waals surface area (Å²) in [6.07, 6.45) is 7.09. The van der Waals surface area contributed by atoms with Crippen LogP contribution in [0.1, 0.15) is 16.7 Å². The van der Waals surface area contributed by atoms with Crippen molar-refractivity contribution < 1.29 is 9.47 Å². The highest BCUT2D eigenvalue weighted by molar-refractivity contribution is 6.32. The predicted octanol–water partition coefficient (Wildman–Crippen LogP) is 4.43. The van der Waals surface area contributed by atoms with E-state index in [2.05, 4.69) is 15.3 Å². The molecule has 0 amide bonds. The Morgan fingerprint density at radius 2 is 1.63 bits per heavy atom.